The predicted octanol–water partition coefficient (Wildman–Crippen LogP) is 2.83. The molecule has 0 atom stereocenters. The van der Waals surface area contributed by atoms with E-state index in [1.807, 2.05) is 27.1 Å². The van der Waals surface area contributed by atoms with E-state index in [4.69, 9.17) is 0 Å². The molecular weight excluding hydrogens is 325 g/mol. The van der Waals surface area contributed by atoms with Gasteiger partial charge in [0.1, 0.15) is 10.8 Å². The third-order valence-corrected chi connectivity index (χ3v) is 4.73. The van der Waals surface area contributed by atoms with E-state index in [1.165, 1.54) is 4.88 Å². The van der Waals surface area contributed by atoms with Crippen molar-refractivity contribution in [1.29, 1.82) is 0 Å². The molecule has 0 saturated carbocycles. The van der Waals surface area contributed by atoms with Crippen LogP contribution in [0.5, 0.6) is 0 Å². The number of aryl methyl sites for hydroxylation is 2. The van der Waals surface area contributed by atoms with Crippen LogP contribution in [0, 0.1) is 19.7 Å². The minimum Gasteiger partial charge on any atom is -0.375 e. The molecule has 2 N–H and O–H groups in total. The van der Waals surface area contributed by atoms with Crippen LogP contribution in [-0.4, -0.2) is 32.1 Å². The van der Waals surface area contributed by atoms with Crippen molar-refractivity contribution in [3.8, 4) is 0 Å². The molecule has 0 fully saturated rings. The summed E-state index contributed by atoms with van der Waals surface area (Å²) in [7, 11) is 5.36. The molecule has 1 aromatic heterocycles. The van der Waals surface area contributed by atoms with Gasteiger partial charge in [-0.05, 0) is 31.5 Å². The zero-order valence-electron chi connectivity index (χ0n) is 14.8. The monoisotopic (exact) mass is 349 g/mol. The number of rotatable bonds is 5. The van der Waals surface area contributed by atoms with Crippen molar-refractivity contribution < 1.29 is 4.39 Å². The number of guanidine groups is 1. The zero-order chi connectivity index (χ0) is 17.7. The lowest BCUT2D eigenvalue weighted by atomic mass is 10.2. The van der Waals surface area contributed by atoms with Gasteiger partial charge in [0.2, 0.25) is 0 Å². The van der Waals surface area contributed by atoms with Crippen molar-refractivity contribution in [3.05, 3.63) is 45.2 Å². The first-order chi connectivity index (χ1) is 11.4. The maximum Gasteiger partial charge on any atom is 0.191 e. The molecule has 0 aliphatic rings. The van der Waals surface area contributed by atoms with E-state index >= 15 is 0 Å². The van der Waals surface area contributed by atoms with E-state index in [0.717, 1.165) is 16.3 Å². The van der Waals surface area contributed by atoms with Crippen LogP contribution in [-0.2, 0) is 13.1 Å². The molecule has 0 unspecified atom stereocenters. The summed E-state index contributed by atoms with van der Waals surface area (Å²) in [4.78, 5) is 11.7. The van der Waals surface area contributed by atoms with Gasteiger partial charge in [-0.25, -0.2) is 9.37 Å². The normalized spacial score (nSPS) is 11.5. The van der Waals surface area contributed by atoms with Gasteiger partial charge >= 0.3 is 0 Å². The third-order valence-electron chi connectivity index (χ3n) is 3.66. The standard InChI is InChI=1S/C17H24FN5S/c1-11-12(2)24-16(22-11)10-21-17(19-3)20-9-13-6-7-15(23(4)5)14(18)8-13/h6-8H,9-10H2,1-5H3,(H2,19,20,21). The van der Waals surface area contributed by atoms with Crippen molar-refractivity contribution in [2.75, 3.05) is 26.0 Å². The molecule has 2 aromatic rings. The van der Waals surface area contributed by atoms with Gasteiger partial charge in [-0.15, -0.1) is 11.3 Å². The number of hydrogen-bond acceptors (Lipinski definition) is 4. The largest absolute Gasteiger partial charge is 0.375 e. The number of anilines is 1. The zero-order valence-corrected chi connectivity index (χ0v) is 15.6. The molecule has 24 heavy (non-hydrogen) atoms. The number of nitrogens with one attached hydrogen (secondary N) is 2. The van der Waals surface area contributed by atoms with Gasteiger partial charge in [-0.3, -0.25) is 4.99 Å². The average molecular weight is 349 g/mol. The smallest absolute Gasteiger partial charge is 0.191 e. The summed E-state index contributed by atoms with van der Waals surface area (Å²) in [5, 5.41) is 7.44. The van der Waals surface area contributed by atoms with Crippen LogP contribution in [0.4, 0.5) is 10.1 Å². The highest BCUT2D eigenvalue weighted by Gasteiger charge is 2.07. The van der Waals surface area contributed by atoms with E-state index in [9.17, 15) is 4.39 Å². The highest BCUT2D eigenvalue weighted by Crippen LogP contribution is 2.18. The van der Waals surface area contributed by atoms with E-state index in [0.29, 0.717) is 24.7 Å². The number of halogens is 1. The minimum absolute atomic E-state index is 0.226. The summed E-state index contributed by atoms with van der Waals surface area (Å²) in [5.74, 6) is 0.439. The number of aliphatic imine (C=N–C) groups is 1. The average Bonchev–Trinajstić information content (AvgIpc) is 2.85. The lowest BCUT2D eigenvalue weighted by Crippen LogP contribution is -2.36. The van der Waals surface area contributed by atoms with Crippen LogP contribution in [0.15, 0.2) is 23.2 Å². The number of hydrogen-bond donors (Lipinski definition) is 2. The van der Waals surface area contributed by atoms with E-state index in [1.54, 1.807) is 35.4 Å². The fraction of sp³-hybridized carbons (Fsp3) is 0.412. The van der Waals surface area contributed by atoms with Gasteiger partial charge in [0.05, 0.1) is 17.9 Å². The summed E-state index contributed by atoms with van der Waals surface area (Å²) >= 11 is 1.68. The second kappa shape index (κ2) is 8.10. The van der Waals surface area contributed by atoms with Crippen LogP contribution >= 0.6 is 11.3 Å². The Kier molecular flexibility index (Phi) is 6.14. The molecule has 130 valence electrons. The van der Waals surface area contributed by atoms with Crippen molar-refractivity contribution in [2.24, 2.45) is 4.99 Å². The quantitative estimate of drug-likeness (QED) is 0.644. The molecule has 7 heteroatoms. The summed E-state index contributed by atoms with van der Waals surface area (Å²) in [6.45, 7) is 5.19. The second-order valence-electron chi connectivity index (χ2n) is 5.71. The lowest BCUT2D eigenvalue weighted by Gasteiger charge is -2.15. The first-order valence-electron chi connectivity index (χ1n) is 7.74. The SMILES string of the molecule is CN=C(NCc1ccc(N(C)C)c(F)c1)NCc1nc(C)c(C)s1. The molecule has 1 aromatic carbocycles. The van der Waals surface area contributed by atoms with Crippen LogP contribution in [0.25, 0.3) is 0 Å². The fourth-order valence-corrected chi connectivity index (χ4v) is 3.08. The summed E-state index contributed by atoms with van der Waals surface area (Å²) in [6.07, 6.45) is 0. The molecule has 0 aliphatic heterocycles. The van der Waals surface area contributed by atoms with Crippen molar-refractivity contribution in [2.45, 2.75) is 26.9 Å². The van der Waals surface area contributed by atoms with Crippen molar-refractivity contribution in [3.63, 3.8) is 0 Å². The van der Waals surface area contributed by atoms with E-state index in [2.05, 4.69) is 27.5 Å². The Morgan fingerprint density at radius 3 is 2.50 bits per heavy atom. The fourth-order valence-electron chi connectivity index (χ4n) is 2.20. The Bertz CT molecular complexity index is 704. The summed E-state index contributed by atoms with van der Waals surface area (Å²) < 4.78 is 14.0. The highest BCUT2D eigenvalue weighted by molar-refractivity contribution is 7.11. The van der Waals surface area contributed by atoms with Crippen molar-refractivity contribution in [1.82, 2.24) is 15.6 Å². The Labute approximate surface area is 146 Å². The molecule has 0 aliphatic carbocycles. The van der Waals surface area contributed by atoms with Gasteiger partial charge in [-0.1, -0.05) is 6.07 Å². The molecule has 0 radical (unpaired) electrons. The van der Waals surface area contributed by atoms with Gasteiger partial charge in [0.15, 0.2) is 5.96 Å². The summed E-state index contributed by atoms with van der Waals surface area (Å²) in [6, 6.07) is 5.24. The minimum atomic E-state index is -0.226. The number of nitrogens with zero attached hydrogens (tertiary/aromatic N) is 3. The van der Waals surface area contributed by atoms with E-state index < -0.39 is 0 Å². The first kappa shape index (κ1) is 18.2. The Balaban J connectivity index is 1.90. The van der Waals surface area contributed by atoms with Crippen LogP contribution in [0.2, 0.25) is 0 Å². The molecule has 0 spiro atoms. The number of benzene rings is 1. The molecular formula is C17H24FN5S. The Hall–Kier alpha value is -2.15. The maximum atomic E-state index is 14.0. The lowest BCUT2D eigenvalue weighted by molar-refractivity contribution is 0.623. The first-order valence-corrected chi connectivity index (χ1v) is 8.55. The van der Waals surface area contributed by atoms with Gasteiger partial charge in [-0.2, -0.15) is 0 Å². The Morgan fingerprint density at radius 1 is 1.25 bits per heavy atom. The molecule has 0 saturated heterocycles. The summed E-state index contributed by atoms with van der Waals surface area (Å²) in [5.41, 5.74) is 2.51. The number of aromatic nitrogens is 1. The van der Waals surface area contributed by atoms with Crippen LogP contribution in [0.3, 0.4) is 0 Å². The predicted molar refractivity (Wildman–Crippen MR) is 99.4 cm³/mol. The highest BCUT2D eigenvalue weighted by atomic mass is 32.1. The van der Waals surface area contributed by atoms with Crippen LogP contribution in [0.1, 0.15) is 21.1 Å². The topological polar surface area (TPSA) is 52.6 Å². The van der Waals surface area contributed by atoms with Crippen LogP contribution < -0.4 is 15.5 Å². The van der Waals surface area contributed by atoms with Gasteiger partial charge < -0.3 is 15.5 Å². The molecule has 1 heterocycles. The Morgan fingerprint density at radius 2 is 1.96 bits per heavy atom. The molecule has 2 rings (SSSR count). The molecule has 0 amide bonds. The second-order valence-corrected chi connectivity index (χ2v) is 7.00. The third kappa shape index (κ3) is 4.67. The molecule has 0 bridgehead atoms. The van der Waals surface area contributed by atoms with Crippen molar-refractivity contribution >= 4 is 23.0 Å². The van der Waals surface area contributed by atoms with E-state index in [-0.39, 0.29) is 5.82 Å². The number of thiazole rings is 1. The van der Waals surface area contributed by atoms with Gasteiger partial charge in [0.25, 0.3) is 0 Å². The molecule has 5 nitrogen and oxygen atoms in total. The maximum absolute atomic E-state index is 14.0. The van der Waals surface area contributed by atoms with Gasteiger partial charge in [0, 0.05) is 32.6 Å².